The van der Waals surface area contributed by atoms with Crippen LogP contribution in [-0.4, -0.2) is 35.7 Å². The minimum Gasteiger partial charge on any atom is -0.325 e. The van der Waals surface area contributed by atoms with E-state index in [0.717, 1.165) is 0 Å². The van der Waals surface area contributed by atoms with Crippen molar-refractivity contribution in [3.05, 3.63) is 0 Å². The van der Waals surface area contributed by atoms with Crippen molar-refractivity contribution >= 4 is 5.91 Å². The highest BCUT2D eigenvalue weighted by molar-refractivity contribution is 5.81. The molecule has 2 fully saturated rings. The van der Waals surface area contributed by atoms with Gasteiger partial charge < -0.3 is 4.90 Å². The quantitative estimate of drug-likeness (QED) is 0.478. The van der Waals surface area contributed by atoms with E-state index in [9.17, 15) is 4.79 Å². The van der Waals surface area contributed by atoms with Crippen LogP contribution in [0.4, 0.5) is 0 Å². The zero-order valence-electron chi connectivity index (χ0n) is 8.92. The molecule has 14 heavy (non-hydrogen) atoms. The Bertz CT molecular complexity index is 248. The molecule has 2 saturated heterocycles. The summed E-state index contributed by atoms with van der Waals surface area (Å²) in [5.74, 6) is 0.265. The molecule has 2 unspecified atom stereocenters. The van der Waals surface area contributed by atoms with Crippen molar-refractivity contribution in [1.29, 1.82) is 0 Å². The Kier molecular flexibility index (Phi) is 2.25. The predicted octanol–water partition coefficient (Wildman–Crippen LogP) is -0.776. The summed E-state index contributed by atoms with van der Waals surface area (Å²) in [6.45, 7) is 7.51. The van der Waals surface area contributed by atoms with Gasteiger partial charge in [-0.1, -0.05) is 0 Å². The highest BCUT2D eigenvalue weighted by Crippen LogP contribution is 2.21. The number of amides is 1. The Labute approximate surface area is 84.2 Å². The van der Waals surface area contributed by atoms with Crippen LogP contribution in [0.1, 0.15) is 20.8 Å². The molecule has 0 aromatic rings. The zero-order valence-corrected chi connectivity index (χ0v) is 8.92. The minimum absolute atomic E-state index is 0.0305. The molecule has 2 heterocycles. The number of carbonyl (C=O) groups is 1. The first-order valence-corrected chi connectivity index (χ1v) is 5.03. The van der Waals surface area contributed by atoms with Crippen molar-refractivity contribution in [3.8, 4) is 0 Å². The van der Waals surface area contributed by atoms with Gasteiger partial charge in [0.25, 0.3) is 0 Å². The summed E-state index contributed by atoms with van der Waals surface area (Å²) in [6.07, 6.45) is 0.0982. The fraction of sp³-hybridized carbons (Fsp3) is 0.889. The summed E-state index contributed by atoms with van der Waals surface area (Å²) < 4.78 is 0. The Morgan fingerprint density at radius 2 is 2.14 bits per heavy atom. The largest absolute Gasteiger partial charge is 0.325 e. The smallest absolute Gasteiger partial charge is 0.231 e. The predicted molar refractivity (Wildman–Crippen MR) is 53.0 cm³/mol. The number of carbonyl (C=O) groups excluding carboxylic acids is 1. The Balaban J connectivity index is 2.13. The molecule has 0 spiro atoms. The van der Waals surface area contributed by atoms with Crippen LogP contribution in [0.5, 0.6) is 0 Å². The molecule has 80 valence electrons. The Hall–Kier alpha value is -0.650. The lowest BCUT2D eigenvalue weighted by molar-refractivity contribution is -0.145. The molecule has 0 saturated carbocycles. The number of hydrogen-bond donors (Lipinski definition) is 3. The van der Waals surface area contributed by atoms with Crippen molar-refractivity contribution < 1.29 is 4.79 Å². The van der Waals surface area contributed by atoms with Crippen LogP contribution in [0.25, 0.3) is 0 Å². The lowest BCUT2D eigenvalue weighted by atomic mass is 9.98. The molecule has 5 nitrogen and oxygen atoms in total. The van der Waals surface area contributed by atoms with E-state index in [1.165, 1.54) is 0 Å². The lowest BCUT2D eigenvalue weighted by Gasteiger charge is -2.42. The minimum atomic E-state index is -0.0996. The van der Waals surface area contributed by atoms with Gasteiger partial charge in [-0.2, -0.15) is 0 Å². The van der Waals surface area contributed by atoms with Crippen molar-refractivity contribution in [2.75, 3.05) is 13.2 Å². The van der Waals surface area contributed by atoms with Crippen LogP contribution >= 0.6 is 0 Å². The molecule has 0 aromatic carbocycles. The van der Waals surface area contributed by atoms with Gasteiger partial charge in [0.15, 0.2) is 0 Å². The number of hydrogen-bond acceptors (Lipinski definition) is 4. The number of rotatable bonds is 0. The van der Waals surface area contributed by atoms with Gasteiger partial charge in [0, 0.05) is 12.1 Å². The van der Waals surface area contributed by atoms with E-state index in [-0.39, 0.29) is 23.5 Å². The average molecular weight is 198 g/mol. The molecule has 0 radical (unpaired) electrons. The fourth-order valence-corrected chi connectivity index (χ4v) is 1.96. The molecule has 0 aliphatic carbocycles. The van der Waals surface area contributed by atoms with Gasteiger partial charge in [-0.3, -0.25) is 15.5 Å². The lowest BCUT2D eigenvalue weighted by Crippen LogP contribution is -2.63. The average Bonchev–Trinajstić information content (AvgIpc) is 2.50. The molecule has 2 atom stereocenters. The third kappa shape index (κ3) is 1.51. The molecule has 2 aliphatic heterocycles. The second kappa shape index (κ2) is 3.18. The van der Waals surface area contributed by atoms with E-state index in [1.807, 2.05) is 4.90 Å². The van der Waals surface area contributed by atoms with E-state index in [4.69, 9.17) is 0 Å². The highest BCUT2D eigenvalue weighted by Gasteiger charge is 2.42. The second-order valence-corrected chi connectivity index (χ2v) is 4.91. The van der Waals surface area contributed by atoms with Crippen molar-refractivity contribution in [3.63, 3.8) is 0 Å². The monoisotopic (exact) mass is 198 g/mol. The standard InChI is InChI=1S/C9H18N4O/c1-9(2,3)13-5-10-7-6(8(13)14)4-11-12-7/h6-7,10-12H,4-5H2,1-3H3. The van der Waals surface area contributed by atoms with E-state index >= 15 is 0 Å². The van der Waals surface area contributed by atoms with Crippen molar-refractivity contribution in [2.45, 2.75) is 32.5 Å². The maximum Gasteiger partial charge on any atom is 0.231 e. The van der Waals surface area contributed by atoms with E-state index < -0.39 is 0 Å². The van der Waals surface area contributed by atoms with Crippen LogP contribution in [0, 0.1) is 5.92 Å². The Morgan fingerprint density at radius 3 is 2.79 bits per heavy atom. The maximum absolute atomic E-state index is 12.1. The van der Waals surface area contributed by atoms with Gasteiger partial charge in [-0.25, -0.2) is 5.43 Å². The maximum atomic E-state index is 12.1. The molecule has 3 N–H and O–H groups in total. The van der Waals surface area contributed by atoms with E-state index in [2.05, 4.69) is 36.9 Å². The summed E-state index contributed by atoms with van der Waals surface area (Å²) in [5.41, 5.74) is 5.96. The normalized spacial score (nSPS) is 33.4. The molecule has 0 aromatic heterocycles. The second-order valence-electron chi connectivity index (χ2n) is 4.91. The third-order valence-corrected chi connectivity index (χ3v) is 2.84. The summed E-state index contributed by atoms with van der Waals surface area (Å²) in [5, 5.41) is 3.30. The number of nitrogens with one attached hydrogen (secondary N) is 3. The number of hydrazine groups is 1. The highest BCUT2D eigenvalue weighted by atomic mass is 16.2. The summed E-state index contributed by atoms with van der Waals surface area (Å²) >= 11 is 0. The fourth-order valence-electron chi connectivity index (χ4n) is 1.96. The first-order chi connectivity index (χ1) is 6.50. The zero-order chi connectivity index (χ0) is 10.3. The van der Waals surface area contributed by atoms with Gasteiger partial charge in [0.05, 0.1) is 18.8 Å². The first kappa shape index (κ1) is 9.89. The van der Waals surface area contributed by atoms with Gasteiger partial charge in [0.1, 0.15) is 0 Å². The molecule has 2 aliphatic rings. The van der Waals surface area contributed by atoms with Gasteiger partial charge in [-0.15, -0.1) is 0 Å². The van der Waals surface area contributed by atoms with Crippen LogP contribution in [0.15, 0.2) is 0 Å². The molecule has 0 bridgehead atoms. The molecule has 2 rings (SSSR count). The van der Waals surface area contributed by atoms with Crippen LogP contribution in [-0.2, 0) is 4.79 Å². The topological polar surface area (TPSA) is 56.4 Å². The first-order valence-electron chi connectivity index (χ1n) is 5.03. The molecular weight excluding hydrogens is 180 g/mol. The summed E-state index contributed by atoms with van der Waals surface area (Å²) in [6, 6.07) is 0. The summed E-state index contributed by atoms with van der Waals surface area (Å²) in [4.78, 5) is 14.0. The Morgan fingerprint density at radius 1 is 1.43 bits per heavy atom. The molecule has 5 heteroatoms. The number of fused-ring (bicyclic) bond motifs is 1. The third-order valence-electron chi connectivity index (χ3n) is 2.84. The SMILES string of the molecule is CC(C)(C)N1CNC2NNCC2C1=O. The van der Waals surface area contributed by atoms with Crippen molar-refractivity contribution in [2.24, 2.45) is 5.92 Å². The number of nitrogens with zero attached hydrogens (tertiary/aromatic N) is 1. The molecule has 1 amide bonds. The van der Waals surface area contributed by atoms with Gasteiger partial charge >= 0.3 is 0 Å². The molecular formula is C9H18N4O. The van der Waals surface area contributed by atoms with Gasteiger partial charge in [-0.05, 0) is 20.8 Å². The summed E-state index contributed by atoms with van der Waals surface area (Å²) in [7, 11) is 0. The van der Waals surface area contributed by atoms with Crippen LogP contribution in [0.3, 0.4) is 0 Å². The van der Waals surface area contributed by atoms with Crippen LogP contribution < -0.4 is 16.2 Å². The van der Waals surface area contributed by atoms with E-state index in [0.29, 0.717) is 13.2 Å². The van der Waals surface area contributed by atoms with E-state index in [1.54, 1.807) is 0 Å². The van der Waals surface area contributed by atoms with Crippen molar-refractivity contribution in [1.82, 2.24) is 21.1 Å². The van der Waals surface area contributed by atoms with Crippen LogP contribution in [0.2, 0.25) is 0 Å². The van der Waals surface area contributed by atoms with Gasteiger partial charge in [0.2, 0.25) is 5.91 Å².